The Kier molecular flexibility index (Phi) is 6.65. The molecule has 2 aromatic rings. The van der Waals surface area contributed by atoms with Crippen molar-refractivity contribution in [3.05, 3.63) is 47.7 Å². The van der Waals surface area contributed by atoms with E-state index in [0.717, 1.165) is 25.0 Å². The second kappa shape index (κ2) is 9.36. The van der Waals surface area contributed by atoms with Crippen LogP contribution in [0.3, 0.4) is 0 Å². The molecule has 8 nitrogen and oxygen atoms in total. The van der Waals surface area contributed by atoms with Crippen LogP contribution in [0.15, 0.2) is 36.4 Å². The number of hydrogen-bond acceptors (Lipinski definition) is 4. The van der Waals surface area contributed by atoms with Gasteiger partial charge in [-0.3, -0.25) is 15.4 Å². The average Bonchev–Trinajstić information content (AvgIpc) is 3.05. The number of aromatic nitrogens is 2. The van der Waals surface area contributed by atoms with Gasteiger partial charge >= 0.3 is 6.03 Å². The summed E-state index contributed by atoms with van der Waals surface area (Å²) in [5.41, 5.74) is 2.01. The molecule has 3 amide bonds. The fourth-order valence-electron chi connectivity index (χ4n) is 3.26. The highest BCUT2D eigenvalue weighted by molar-refractivity contribution is 5.88. The molecule has 4 N–H and O–H groups in total. The number of nitrogens with zero attached hydrogens (tertiary/aromatic N) is 2. The standard InChI is InChI=1S/C20H28N6O2/c1-3-16-13-18(27)24-19(22-16)26-17(12-14(2)25-26)23-20(28)21-11-7-10-15-8-5-4-6-9-15/h4-6,8-9,12,16,19,22H,3,7,10-11,13H2,1-2H3,(H,24,27)(H2,21,23,28). The van der Waals surface area contributed by atoms with Crippen molar-refractivity contribution in [1.82, 2.24) is 25.7 Å². The molecule has 0 saturated carbocycles. The lowest BCUT2D eigenvalue weighted by atomic mass is 10.1. The molecule has 1 aromatic carbocycles. The number of anilines is 1. The van der Waals surface area contributed by atoms with Gasteiger partial charge in [-0.2, -0.15) is 5.10 Å². The number of amides is 3. The molecule has 0 radical (unpaired) electrons. The second-order valence-corrected chi connectivity index (χ2v) is 7.03. The zero-order valence-corrected chi connectivity index (χ0v) is 16.4. The number of carbonyl (C=O) groups is 2. The van der Waals surface area contributed by atoms with Crippen molar-refractivity contribution < 1.29 is 9.59 Å². The molecule has 1 aromatic heterocycles. The fraction of sp³-hybridized carbons (Fsp3) is 0.450. The van der Waals surface area contributed by atoms with Gasteiger partial charge in [-0.05, 0) is 31.7 Å². The number of aryl methyl sites for hydroxylation is 2. The van der Waals surface area contributed by atoms with Crippen LogP contribution in [0.2, 0.25) is 0 Å². The molecular weight excluding hydrogens is 356 g/mol. The predicted octanol–water partition coefficient (Wildman–Crippen LogP) is 2.29. The summed E-state index contributed by atoms with van der Waals surface area (Å²) in [6.45, 7) is 4.45. The molecule has 150 valence electrons. The first-order valence-electron chi connectivity index (χ1n) is 9.75. The van der Waals surface area contributed by atoms with Crippen LogP contribution in [0.5, 0.6) is 0 Å². The first-order chi connectivity index (χ1) is 13.5. The third-order valence-corrected chi connectivity index (χ3v) is 4.73. The van der Waals surface area contributed by atoms with Crippen molar-refractivity contribution in [3.8, 4) is 0 Å². The number of rotatable bonds is 7. The minimum Gasteiger partial charge on any atom is -0.338 e. The maximum atomic E-state index is 12.3. The van der Waals surface area contributed by atoms with E-state index in [1.807, 2.05) is 32.0 Å². The Labute approximate surface area is 165 Å². The quantitative estimate of drug-likeness (QED) is 0.550. The number of nitrogens with one attached hydrogen (secondary N) is 4. The highest BCUT2D eigenvalue weighted by Gasteiger charge is 2.28. The fourth-order valence-corrected chi connectivity index (χ4v) is 3.26. The summed E-state index contributed by atoms with van der Waals surface area (Å²) in [4.78, 5) is 24.2. The Morgan fingerprint density at radius 3 is 2.86 bits per heavy atom. The van der Waals surface area contributed by atoms with Gasteiger partial charge in [0.05, 0.1) is 5.69 Å². The van der Waals surface area contributed by atoms with Crippen LogP contribution in [0.25, 0.3) is 0 Å². The SMILES string of the molecule is CCC1CC(=O)NC(n2nc(C)cc2NC(=O)NCCCc2ccccc2)N1. The first-order valence-corrected chi connectivity index (χ1v) is 9.75. The van der Waals surface area contributed by atoms with E-state index in [1.54, 1.807) is 10.7 Å². The van der Waals surface area contributed by atoms with Crippen LogP contribution in [-0.4, -0.2) is 34.3 Å². The van der Waals surface area contributed by atoms with Gasteiger partial charge in [0.1, 0.15) is 5.82 Å². The minimum atomic E-state index is -0.478. The summed E-state index contributed by atoms with van der Waals surface area (Å²) >= 11 is 0. The molecule has 2 atom stereocenters. The number of carbonyl (C=O) groups excluding carboxylic acids is 2. The van der Waals surface area contributed by atoms with Gasteiger partial charge < -0.3 is 10.6 Å². The molecular formula is C20H28N6O2. The lowest BCUT2D eigenvalue weighted by Crippen LogP contribution is -2.53. The zero-order valence-electron chi connectivity index (χ0n) is 16.4. The monoisotopic (exact) mass is 384 g/mol. The average molecular weight is 384 g/mol. The van der Waals surface area contributed by atoms with Gasteiger partial charge in [-0.15, -0.1) is 0 Å². The number of urea groups is 1. The van der Waals surface area contributed by atoms with Crippen LogP contribution in [-0.2, 0) is 11.2 Å². The van der Waals surface area contributed by atoms with Gasteiger partial charge in [-0.1, -0.05) is 37.3 Å². The molecule has 1 aliphatic rings. The van der Waals surface area contributed by atoms with Crippen molar-refractivity contribution >= 4 is 17.8 Å². The molecule has 1 aliphatic heterocycles. The molecule has 28 heavy (non-hydrogen) atoms. The third-order valence-electron chi connectivity index (χ3n) is 4.73. The van der Waals surface area contributed by atoms with E-state index in [4.69, 9.17) is 0 Å². The Morgan fingerprint density at radius 1 is 1.32 bits per heavy atom. The highest BCUT2D eigenvalue weighted by Crippen LogP contribution is 2.18. The molecule has 0 bridgehead atoms. The second-order valence-electron chi connectivity index (χ2n) is 7.03. The lowest BCUT2D eigenvalue weighted by molar-refractivity contribution is -0.125. The minimum absolute atomic E-state index is 0.0277. The van der Waals surface area contributed by atoms with Crippen LogP contribution in [0, 0.1) is 6.92 Å². The van der Waals surface area contributed by atoms with Crippen molar-refractivity contribution in [3.63, 3.8) is 0 Å². The summed E-state index contributed by atoms with van der Waals surface area (Å²) < 4.78 is 1.61. The van der Waals surface area contributed by atoms with E-state index in [1.165, 1.54) is 5.56 Å². The Balaban J connectivity index is 1.54. The normalized spacial score (nSPS) is 19.1. The van der Waals surface area contributed by atoms with Crippen LogP contribution in [0.1, 0.15) is 43.7 Å². The largest absolute Gasteiger partial charge is 0.338 e. The van der Waals surface area contributed by atoms with Crippen molar-refractivity contribution in [2.24, 2.45) is 0 Å². The Morgan fingerprint density at radius 2 is 2.11 bits per heavy atom. The summed E-state index contributed by atoms with van der Waals surface area (Å²) in [6, 6.07) is 11.8. The number of benzene rings is 1. The van der Waals surface area contributed by atoms with Gasteiger partial charge in [0.2, 0.25) is 5.91 Å². The van der Waals surface area contributed by atoms with Crippen LogP contribution < -0.4 is 21.3 Å². The molecule has 0 spiro atoms. The van der Waals surface area contributed by atoms with E-state index in [2.05, 4.69) is 38.5 Å². The molecule has 2 unspecified atom stereocenters. The Hall–Kier alpha value is -2.87. The van der Waals surface area contributed by atoms with Crippen molar-refractivity contribution in [2.75, 3.05) is 11.9 Å². The van der Waals surface area contributed by atoms with Crippen molar-refractivity contribution in [2.45, 2.75) is 51.9 Å². The first kappa shape index (κ1) is 19.9. The van der Waals surface area contributed by atoms with Crippen molar-refractivity contribution in [1.29, 1.82) is 0 Å². The maximum absolute atomic E-state index is 12.3. The predicted molar refractivity (Wildman–Crippen MR) is 108 cm³/mol. The molecule has 3 rings (SSSR count). The molecule has 1 fully saturated rings. The van der Waals surface area contributed by atoms with Gasteiger partial charge in [0.25, 0.3) is 0 Å². The summed E-state index contributed by atoms with van der Waals surface area (Å²) in [7, 11) is 0. The molecule has 1 saturated heterocycles. The summed E-state index contributed by atoms with van der Waals surface area (Å²) in [5, 5.41) is 16.3. The summed E-state index contributed by atoms with van der Waals surface area (Å²) in [5.74, 6) is 0.507. The van der Waals surface area contributed by atoms with Crippen LogP contribution >= 0.6 is 0 Å². The molecule has 2 heterocycles. The van der Waals surface area contributed by atoms with E-state index in [0.29, 0.717) is 18.8 Å². The van der Waals surface area contributed by atoms with Crippen LogP contribution in [0.4, 0.5) is 10.6 Å². The van der Waals surface area contributed by atoms with Gasteiger partial charge in [-0.25, -0.2) is 9.48 Å². The third kappa shape index (κ3) is 5.32. The maximum Gasteiger partial charge on any atom is 0.320 e. The Bertz CT molecular complexity index is 804. The van der Waals surface area contributed by atoms with E-state index in [-0.39, 0.29) is 18.0 Å². The summed E-state index contributed by atoms with van der Waals surface area (Å²) in [6.07, 6.45) is 2.57. The van der Waals surface area contributed by atoms with Gasteiger partial charge in [0.15, 0.2) is 6.29 Å². The lowest BCUT2D eigenvalue weighted by Gasteiger charge is -2.31. The zero-order chi connectivity index (χ0) is 19.9. The van der Waals surface area contributed by atoms with E-state index in [9.17, 15) is 9.59 Å². The van der Waals surface area contributed by atoms with E-state index >= 15 is 0 Å². The molecule has 8 heteroatoms. The highest BCUT2D eigenvalue weighted by atomic mass is 16.2. The smallest absolute Gasteiger partial charge is 0.320 e. The molecule has 0 aliphatic carbocycles. The van der Waals surface area contributed by atoms with E-state index < -0.39 is 6.29 Å². The number of hydrogen-bond donors (Lipinski definition) is 4. The topological polar surface area (TPSA) is 100 Å². The van der Waals surface area contributed by atoms with Gasteiger partial charge in [0, 0.05) is 25.1 Å².